The fourth-order valence-corrected chi connectivity index (χ4v) is 4.15. The number of rotatable bonds is 4. The molecule has 8 nitrogen and oxygen atoms in total. The van der Waals surface area contributed by atoms with Crippen LogP contribution in [0.15, 0.2) is 39.1 Å². The molecule has 0 fully saturated rings. The zero-order valence-corrected chi connectivity index (χ0v) is 16.2. The van der Waals surface area contributed by atoms with E-state index in [4.69, 9.17) is 20.5 Å². The molecule has 3 rings (SSSR count). The Labute approximate surface area is 160 Å². The number of carboxylic acids is 1. The maximum absolute atomic E-state index is 12.4. The Bertz CT molecular complexity index is 914. The van der Waals surface area contributed by atoms with E-state index in [1.807, 2.05) is 24.3 Å². The number of carbonyl (C=O) groups is 2. The van der Waals surface area contributed by atoms with E-state index in [-0.39, 0.29) is 10.8 Å². The van der Waals surface area contributed by atoms with Crippen LogP contribution in [0.4, 0.5) is 5.13 Å². The van der Waals surface area contributed by atoms with Gasteiger partial charge in [0.25, 0.3) is 5.97 Å². The Hall–Kier alpha value is -2.50. The van der Waals surface area contributed by atoms with Gasteiger partial charge >= 0.3 is 0 Å². The van der Waals surface area contributed by atoms with Crippen molar-refractivity contribution in [3.8, 4) is 0 Å². The standard InChI is InChI=1S/C13H10N4O2S3.C2H4O2/c1-19-17-10(8-6-20-12(14)15-8)11(18)22-13-16-7-4-2-3-5-9(7)21-13;1-2(3)4/h2-6H,1H3,(H2,14,15);1H3,(H,3,4)/b17-10-;. The highest BCUT2D eigenvalue weighted by Gasteiger charge is 2.21. The lowest BCUT2D eigenvalue weighted by Gasteiger charge is -1.99. The van der Waals surface area contributed by atoms with Crippen LogP contribution in [0.5, 0.6) is 0 Å². The van der Waals surface area contributed by atoms with Crippen molar-refractivity contribution in [3.05, 3.63) is 35.3 Å². The van der Waals surface area contributed by atoms with Crippen molar-refractivity contribution in [1.29, 1.82) is 0 Å². The van der Waals surface area contributed by atoms with Crippen LogP contribution < -0.4 is 5.73 Å². The molecule has 1 aromatic carbocycles. The van der Waals surface area contributed by atoms with E-state index in [1.165, 1.54) is 29.8 Å². The SMILES string of the molecule is CC(=O)O.CO/N=C(\C(=O)Sc1nc2ccccc2s1)c1csc(N)n1. The van der Waals surface area contributed by atoms with Gasteiger partial charge in [0.2, 0.25) is 5.12 Å². The van der Waals surface area contributed by atoms with Crippen molar-refractivity contribution in [2.45, 2.75) is 11.3 Å². The summed E-state index contributed by atoms with van der Waals surface area (Å²) < 4.78 is 1.68. The summed E-state index contributed by atoms with van der Waals surface area (Å²) in [4.78, 5) is 34.7. The van der Waals surface area contributed by atoms with Crippen molar-refractivity contribution < 1.29 is 19.5 Å². The van der Waals surface area contributed by atoms with Crippen LogP contribution in [0.2, 0.25) is 0 Å². The van der Waals surface area contributed by atoms with Gasteiger partial charge in [0.05, 0.1) is 10.2 Å². The number of nitrogens with two attached hydrogens (primary N) is 1. The minimum atomic E-state index is -0.833. The first-order valence-corrected chi connectivity index (χ1v) is 9.51. The second-order valence-electron chi connectivity index (χ2n) is 4.55. The van der Waals surface area contributed by atoms with Gasteiger partial charge in [-0.15, -0.1) is 22.7 Å². The number of para-hydroxylation sites is 1. The third kappa shape index (κ3) is 5.51. The average Bonchev–Trinajstić information content (AvgIpc) is 3.17. The van der Waals surface area contributed by atoms with Gasteiger partial charge in [-0.2, -0.15) is 0 Å². The first-order valence-electron chi connectivity index (χ1n) is 7.00. The number of fused-ring (bicyclic) bond motifs is 1. The summed E-state index contributed by atoms with van der Waals surface area (Å²) in [5.41, 5.74) is 7.00. The number of aromatic nitrogens is 2. The van der Waals surface area contributed by atoms with Crippen LogP contribution in [0.1, 0.15) is 12.6 Å². The van der Waals surface area contributed by atoms with Crippen LogP contribution in [0.3, 0.4) is 0 Å². The monoisotopic (exact) mass is 410 g/mol. The number of carboxylic acid groups (broad SMARTS) is 1. The second kappa shape index (κ2) is 9.27. The van der Waals surface area contributed by atoms with Gasteiger partial charge in [0, 0.05) is 12.3 Å². The molecule has 0 spiro atoms. The van der Waals surface area contributed by atoms with Crippen LogP contribution in [0.25, 0.3) is 10.2 Å². The van der Waals surface area contributed by atoms with Gasteiger partial charge in [-0.25, -0.2) is 9.97 Å². The summed E-state index contributed by atoms with van der Waals surface area (Å²) in [5.74, 6) is -0.833. The third-order valence-electron chi connectivity index (χ3n) is 2.59. The molecule has 2 heterocycles. The number of thiazole rings is 2. The Kier molecular flexibility index (Phi) is 7.06. The van der Waals surface area contributed by atoms with Crippen LogP contribution in [-0.2, 0) is 14.4 Å². The quantitative estimate of drug-likeness (QED) is 0.381. The molecule has 11 heteroatoms. The van der Waals surface area contributed by atoms with Crippen molar-refractivity contribution in [1.82, 2.24) is 9.97 Å². The second-order valence-corrected chi connectivity index (χ2v) is 7.69. The molecule has 2 aromatic heterocycles. The Morgan fingerprint density at radius 2 is 2.00 bits per heavy atom. The predicted molar refractivity (Wildman–Crippen MR) is 104 cm³/mol. The van der Waals surface area contributed by atoms with E-state index in [9.17, 15) is 4.79 Å². The lowest BCUT2D eigenvalue weighted by atomic mass is 10.3. The summed E-state index contributed by atoms with van der Waals surface area (Å²) in [7, 11) is 1.38. The third-order valence-corrected chi connectivity index (χ3v) is 5.24. The van der Waals surface area contributed by atoms with Crippen LogP contribution >= 0.6 is 34.4 Å². The molecule has 0 saturated carbocycles. The van der Waals surface area contributed by atoms with Crippen LogP contribution in [-0.4, -0.2) is 39.0 Å². The summed E-state index contributed by atoms with van der Waals surface area (Å²) in [6.07, 6.45) is 0. The normalized spacial score (nSPS) is 10.9. The summed E-state index contributed by atoms with van der Waals surface area (Å²) in [6, 6.07) is 7.72. The molecule has 0 atom stereocenters. The van der Waals surface area contributed by atoms with E-state index in [1.54, 1.807) is 5.38 Å². The van der Waals surface area contributed by atoms with Gasteiger partial charge in [-0.05, 0) is 23.9 Å². The minimum absolute atomic E-state index is 0.125. The highest BCUT2D eigenvalue weighted by molar-refractivity contribution is 8.16. The topological polar surface area (TPSA) is 128 Å². The number of thioether (sulfide) groups is 1. The number of carbonyl (C=O) groups excluding carboxylic acids is 1. The van der Waals surface area contributed by atoms with Crippen molar-refractivity contribution >= 4 is 66.6 Å². The first kappa shape index (κ1) is 19.8. The van der Waals surface area contributed by atoms with Crippen LogP contribution in [0, 0.1) is 0 Å². The van der Waals surface area contributed by atoms with Gasteiger partial charge in [-0.1, -0.05) is 17.3 Å². The molecule has 0 aliphatic rings. The predicted octanol–water partition coefficient (Wildman–Crippen LogP) is 3.10. The molecule has 0 amide bonds. The molecule has 0 radical (unpaired) electrons. The summed E-state index contributed by atoms with van der Waals surface area (Å²) >= 11 is 3.70. The van der Waals surface area contributed by atoms with Crippen molar-refractivity contribution in [3.63, 3.8) is 0 Å². The molecule has 0 saturated heterocycles. The molecule has 3 aromatic rings. The van der Waals surface area contributed by atoms with E-state index in [2.05, 4.69) is 15.1 Å². The summed E-state index contributed by atoms with van der Waals surface area (Å²) in [5, 5.41) is 12.9. The molecular weight excluding hydrogens is 396 g/mol. The molecule has 136 valence electrons. The number of nitrogen functional groups attached to an aromatic ring is 1. The Balaban J connectivity index is 0.000000552. The average molecular weight is 411 g/mol. The van der Waals surface area contributed by atoms with E-state index in [0.29, 0.717) is 15.2 Å². The Morgan fingerprint density at radius 1 is 1.31 bits per heavy atom. The molecule has 3 N–H and O–H groups in total. The van der Waals surface area contributed by atoms with Crippen molar-refractivity contribution in [2.24, 2.45) is 5.16 Å². The molecule has 0 aliphatic heterocycles. The zero-order valence-electron chi connectivity index (χ0n) is 13.7. The Morgan fingerprint density at radius 3 is 2.58 bits per heavy atom. The minimum Gasteiger partial charge on any atom is -0.481 e. The molecule has 0 unspecified atom stereocenters. The number of anilines is 1. The lowest BCUT2D eigenvalue weighted by molar-refractivity contribution is -0.134. The first-order chi connectivity index (χ1) is 12.4. The van der Waals surface area contributed by atoms with Gasteiger partial charge in [0.1, 0.15) is 12.8 Å². The molecule has 26 heavy (non-hydrogen) atoms. The van der Waals surface area contributed by atoms with E-state index >= 15 is 0 Å². The maximum atomic E-state index is 12.4. The van der Waals surface area contributed by atoms with Gasteiger partial charge in [0.15, 0.2) is 15.2 Å². The maximum Gasteiger partial charge on any atom is 0.300 e. The summed E-state index contributed by atoms with van der Waals surface area (Å²) in [6.45, 7) is 1.08. The van der Waals surface area contributed by atoms with Gasteiger partial charge < -0.3 is 15.7 Å². The van der Waals surface area contributed by atoms with E-state index in [0.717, 1.165) is 28.9 Å². The van der Waals surface area contributed by atoms with Crippen molar-refractivity contribution in [2.75, 3.05) is 12.8 Å². The molecule has 0 aliphatic carbocycles. The number of aliphatic carboxylic acids is 1. The number of benzene rings is 1. The lowest BCUT2D eigenvalue weighted by Crippen LogP contribution is -2.13. The number of oxime groups is 1. The van der Waals surface area contributed by atoms with Gasteiger partial charge in [-0.3, -0.25) is 9.59 Å². The zero-order chi connectivity index (χ0) is 19.1. The highest BCUT2D eigenvalue weighted by atomic mass is 32.2. The molecular formula is C15H14N4O4S3. The number of nitrogens with zero attached hydrogens (tertiary/aromatic N) is 3. The smallest absolute Gasteiger partial charge is 0.300 e. The fraction of sp³-hybridized carbons (Fsp3) is 0.133. The largest absolute Gasteiger partial charge is 0.481 e. The number of hydrogen-bond donors (Lipinski definition) is 2. The van der Waals surface area contributed by atoms with E-state index < -0.39 is 5.97 Å². The molecule has 0 bridgehead atoms. The number of hydrogen-bond acceptors (Lipinski definition) is 10. The fourth-order valence-electron chi connectivity index (χ4n) is 1.70. The highest BCUT2D eigenvalue weighted by Crippen LogP contribution is 2.30.